The lowest BCUT2D eigenvalue weighted by Crippen LogP contribution is -2.46. The molecule has 1 rings (SSSR count). The van der Waals surface area contributed by atoms with E-state index < -0.39 is 22.2 Å². The predicted octanol–water partition coefficient (Wildman–Crippen LogP) is -2.02. The van der Waals surface area contributed by atoms with Crippen molar-refractivity contribution < 1.29 is 18.3 Å². The van der Waals surface area contributed by atoms with E-state index in [1.165, 1.54) is 0 Å². The number of carbonyl (C=O) groups is 1. The van der Waals surface area contributed by atoms with E-state index in [0.717, 1.165) is 12.8 Å². The zero-order chi connectivity index (χ0) is 10.8. The molecule has 1 fully saturated rings. The first kappa shape index (κ1) is 11.4. The molecule has 14 heavy (non-hydrogen) atoms. The van der Waals surface area contributed by atoms with Gasteiger partial charge in [-0.1, -0.05) is 0 Å². The quantitative estimate of drug-likeness (QED) is 0.414. The summed E-state index contributed by atoms with van der Waals surface area (Å²) in [6.07, 6.45) is 1.65. The molecule has 0 bridgehead atoms. The highest BCUT2D eigenvalue weighted by molar-refractivity contribution is 7.87. The minimum absolute atomic E-state index is 0.00597. The topological polar surface area (TPSA) is 122 Å². The Hall–Kier alpha value is -0.700. The number of rotatable bonds is 6. The Balaban J connectivity index is 2.31. The molecule has 82 valence electrons. The normalized spacial score (nSPS) is 19.2. The van der Waals surface area contributed by atoms with Crippen LogP contribution in [0.25, 0.3) is 0 Å². The van der Waals surface area contributed by atoms with Crippen LogP contribution in [0.3, 0.4) is 0 Å². The molecule has 1 aliphatic rings. The van der Waals surface area contributed by atoms with Gasteiger partial charge in [-0.2, -0.15) is 13.1 Å². The molecule has 1 saturated carbocycles. The van der Waals surface area contributed by atoms with E-state index in [1.54, 1.807) is 0 Å². The van der Waals surface area contributed by atoms with Gasteiger partial charge in [0.15, 0.2) is 0 Å². The number of hydrogen-bond donors (Lipinski definition) is 4. The fourth-order valence-electron chi connectivity index (χ4n) is 0.749. The summed E-state index contributed by atoms with van der Waals surface area (Å²) in [5.41, 5.74) is 5.12. The van der Waals surface area contributed by atoms with Crippen molar-refractivity contribution in [1.29, 1.82) is 0 Å². The number of hydrogen-bond acceptors (Lipinski definition) is 4. The molecule has 5 N–H and O–H groups in total. The second-order valence-corrected chi connectivity index (χ2v) is 4.72. The predicted molar refractivity (Wildman–Crippen MR) is 48.7 cm³/mol. The van der Waals surface area contributed by atoms with Gasteiger partial charge in [0.1, 0.15) is 6.04 Å². The molecule has 8 heteroatoms. The third kappa shape index (κ3) is 4.01. The third-order valence-electron chi connectivity index (χ3n) is 1.71. The Kier molecular flexibility index (Phi) is 3.43. The molecule has 0 amide bonds. The zero-order valence-corrected chi connectivity index (χ0v) is 8.25. The second-order valence-electron chi connectivity index (χ2n) is 3.19. The van der Waals surface area contributed by atoms with Crippen molar-refractivity contribution in [1.82, 2.24) is 9.44 Å². The summed E-state index contributed by atoms with van der Waals surface area (Å²) in [4.78, 5) is 10.3. The highest BCUT2D eigenvalue weighted by Gasteiger charge is 2.27. The number of nitrogens with one attached hydrogen (secondary N) is 2. The van der Waals surface area contributed by atoms with E-state index in [0.29, 0.717) is 0 Å². The molecule has 0 aromatic rings. The van der Waals surface area contributed by atoms with Gasteiger partial charge in [-0.3, -0.25) is 4.79 Å². The summed E-state index contributed by atoms with van der Waals surface area (Å²) < 4.78 is 26.7. The summed E-state index contributed by atoms with van der Waals surface area (Å²) in [6, 6.07) is -1.22. The van der Waals surface area contributed by atoms with E-state index in [-0.39, 0.29) is 12.6 Å². The summed E-state index contributed by atoms with van der Waals surface area (Å²) in [5, 5.41) is 8.39. The lowest BCUT2D eigenvalue weighted by Gasteiger charge is -2.09. The van der Waals surface area contributed by atoms with Crippen LogP contribution in [0.1, 0.15) is 12.8 Å². The van der Waals surface area contributed by atoms with Gasteiger partial charge in [0.05, 0.1) is 0 Å². The van der Waals surface area contributed by atoms with E-state index in [9.17, 15) is 13.2 Å². The first-order valence-electron chi connectivity index (χ1n) is 4.16. The van der Waals surface area contributed by atoms with Gasteiger partial charge in [0.25, 0.3) is 10.2 Å². The van der Waals surface area contributed by atoms with Crippen molar-refractivity contribution in [2.75, 3.05) is 6.54 Å². The van der Waals surface area contributed by atoms with E-state index in [2.05, 4.69) is 9.44 Å². The largest absolute Gasteiger partial charge is 0.480 e. The number of carboxylic acid groups (broad SMARTS) is 1. The van der Waals surface area contributed by atoms with Crippen LogP contribution >= 0.6 is 0 Å². The zero-order valence-electron chi connectivity index (χ0n) is 7.43. The first-order valence-corrected chi connectivity index (χ1v) is 5.64. The van der Waals surface area contributed by atoms with Crippen LogP contribution in [-0.4, -0.2) is 38.1 Å². The maximum absolute atomic E-state index is 11.1. The molecule has 0 aromatic carbocycles. The molecule has 0 spiro atoms. The lowest BCUT2D eigenvalue weighted by atomic mass is 10.3. The standard InChI is InChI=1S/C6H13N3O4S/c7-5(6(10)11)3-8-14(12,13)9-4-1-2-4/h4-5,8-9H,1-3,7H2,(H,10,11). The van der Waals surface area contributed by atoms with Crippen LogP contribution in [0.4, 0.5) is 0 Å². The first-order chi connectivity index (χ1) is 6.41. The monoisotopic (exact) mass is 223 g/mol. The molecule has 1 aliphatic carbocycles. The lowest BCUT2D eigenvalue weighted by molar-refractivity contribution is -0.138. The van der Waals surface area contributed by atoms with E-state index >= 15 is 0 Å². The number of carboxylic acids is 1. The van der Waals surface area contributed by atoms with Crippen molar-refractivity contribution in [2.24, 2.45) is 5.73 Å². The average Bonchev–Trinajstić information content (AvgIpc) is 2.83. The molecule has 0 radical (unpaired) electrons. The Morgan fingerprint density at radius 2 is 2.14 bits per heavy atom. The molecular formula is C6H13N3O4S. The van der Waals surface area contributed by atoms with Gasteiger partial charge < -0.3 is 10.8 Å². The van der Waals surface area contributed by atoms with Crippen LogP contribution in [0.5, 0.6) is 0 Å². The number of nitrogens with two attached hydrogens (primary N) is 1. The highest BCUT2D eigenvalue weighted by Crippen LogP contribution is 2.19. The van der Waals surface area contributed by atoms with Crippen molar-refractivity contribution in [3.05, 3.63) is 0 Å². The van der Waals surface area contributed by atoms with Crippen molar-refractivity contribution in [2.45, 2.75) is 24.9 Å². The molecule has 1 unspecified atom stereocenters. The van der Waals surface area contributed by atoms with Crippen LogP contribution in [-0.2, 0) is 15.0 Å². The van der Waals surface area contributed by atoms with Gasteiger partial charge in [-0.05, 0) is 12.8 Å². The summed E-state index contributed by atoms with van der Waals surface area (Å²) >= 11 is 0. The smallest absolute Gasteiger partial charge is 0.321 e. The summed E-state index contributed by atoms with van der Waals surface area (Å²) in [6.45, 7) is -0.308. The molecule has 1 atom stereocenters. The summed E-state index contributed by atoms with van der Waals surface area (Å²) in [5.74, 6) is -1.24. The van der Waals surface area contributed by atoms with Crippen LogP contribution < -0.4 is 15.2 Å². The SMILES string of the molecule is NC(CNS(=O)(=O)NC1CC1)C(=O)O. The van der Waals surface area contributed by atoms with Gasteiger partial charge in [0.2, 0.25) is 0 Å². The highest BCUT2D eigenvalue weighted by atomic mass is 32.2. The van der Waals surface area contributed by atoms with Crippen LogP contribution in [0, 0.1) is 0 Å². The van der Waals surface area contributed by atoms with Gasteiger partial charge in [0, 0.05) is 12.6 Å². The van der Waals surface area contributed by atoms with Crippen molar-refractivity contribution >= 4 is 16.2 Å². The van der Waals surface area contributed by atoms with Crippen LogP contribution in [0.2, 0.25) is 0 Å². The maximum Gasteiger partial charge on any atom is 0.321 e. The molecule has 0 heterocycles. The molecule has 0 saturated heterocycles. The van der Waals surface area contributed by atoms with Gasteiger partial charge in [-0.25, -0.2) is 4.72 Å². The van der Waals surface area contributed by atoms with Crippen LogP contribution in [0.15, 0.2) is 0 Å². The Morgan fingerprint density at radius 3 is 2.57 bits per heavy atom. The molecule has 0 aromatic heterocycles. The van der Waals surface area contributed by atoms with Gasteiger partial charge >= 0.3 is 5.97 Å². The minimum Gasteiger partial charge on any atom is -0.480 e. The van der Waals surface area contributed by atoms with Gasteiger partial charge in [-0.15, -0.1) is 0 Å². The Bertz CT molecular complexity index is 311. The maximum atomic E-state index is 11.1. The number of aliphatic carboxylic acids is 1. The van der Waals surface area contributed by atoms with Crippen molar-refractivity contribution in [3.8, 4) is 0 Å². The second kappa shape index (κ2) is 4.22. The van der Waals surface area contributed by atoms with Crippen molar-refractivity contribution in [3.63, 3.8) is 0 Å². The third-order valence-corrected chi connectivity index (χ3v) is 2.90. The Morgan fingerprint density at radius 1 is 1.57 bits per heavy atom. The van der Waals surface area contributed by atoms with E-state index in [4.69, 9.17) is 10.8 Å². The fraction of sp³-hybridized carbons (Fsp3) is 0.833. The molecule has 0 aliphatic heterocycles. The summed E-state index contributed by atoms with van der Waals surface area (Å²) in [7, 11) is -3.59. The molecule has 7 nitrogen and oxygen atoms in total. The van der Waals surface area contributed by atoms with E-state index in [1.807, 2.05) is 0 Å². The minimum atomic E-state index is -3.59. The Labute approximate surface area is 81.8 Å². The average molecular weight is 223 g/mol. The molecular weight excluding hydrogens is 210 g/mol. The fourth-order valence-corrected chi connectivity index (χ4v) is 1.91.